The third-order valence-electron chi connectivity index (χ3n) is 4.28. The lowest BCUT2D eigenvalue weighted by atomic mass is 10.1. The second-order valence-corrected chi connectivity index (χ2v) is 7.17. The Morgan fingerprint density at radius 3 is 2.54 bits per heavy atom. The second-order valence-electron chi connectivity index (χ2n) is 6.31. The van der Waals surface area contributed by atoms with Gasteiger partial charge in [-0.25, -0.2) is 0 Å². The number of nitrogen functional groups attached to an aromatic ring is 1. The van der Waals surface area contributed by atoms with E-state index in [0.717, 1.165) is 42.3 Å². The van der Waals surface area contributed by atoms with E-state index in [9.17, 15) is 9.59 Å². The first-order valence-corrected chi connectivity index (χ1v) is 9.99. The van der Waals surface area contributed by atoms with Crippen LogP contribution in [0.5, 0.6) is 0 Å². The van der Waals surface area contributed by atoms with Gasteiger partial charge in [0.15, 0.2) is 6.29 Å². The van der Waals surface area contributed by atoms with Crippen molar-refractivity contribution in [3.63, 3.8) is 0 Å². The number of likely N-dealkylation sites (N-methyl/N-ethyl adjacent to an activating group) is 1. The molecule has 0 aromatic heterocycles. The molecule has 0 radical (unpaired) electrons. The van der Waals surface area contributed by atoms with Crippen LogP contribution >= 0.6 is 15.9 Å². The van der Waals surface area contributed by atoms with Gasteiger partial charge < -0.3 is 10.6 Å². The maximum Gasteiger partial charge on any atom is 0.254 e. The predicted octanol–water partition coefficient (Wildman–Crippen LogP) is 4.34. The van der Waals surface area contributed by atoms with Gasteiger partial charge in [0, 0.05) is 53.2 Å². The van der Waals surface area contributed by atoms with E-state index in [1.807, 2.05) is 18.2 Å². The standard InChI is InChI=1S/C22H28BrN3O2/c1-4-17(16-27)18(5-2)22(28)26(3)14-9-7-6-8-13-25-15-19-20(23)11-10-12-21(19)24/h4-5,10-12,15-16H,1-2,6-9,13-14,24H2,3H3/b18-17-,25-15?. The number of rotatable bonds is 12. The monoisotopic (exact) mass is 445 g/mol. The van der Waals surface area contributed by atoms with E-state index < -0.39 is 0 Å². The van der Waals surface area contributed by atoms with Crippen LogP contribution < -0.4 is 5.73 Å². The summed E-state index contributed by atoms with van der Waals surface area (Å²) in [5.74, 6) is -0.215. The van der Waals surface area contributed by atoms with E-state index in [2.05, 4.69) is 34.1 Å². The summed E-state index contributed by atoms with van der Waals surface area (Å²) in [7, 11) is 1.73. The first-order chi connectivity index (χ1) is 13.5. The average molecular weight is 446 g/mol. The van der Waals surface area contributed by atoms with Crippen LogP contribution in [0.2, 0.25) is 0 Å². The third kappa shape index (κ3) is 7.27. The summed E-state index contributed by atoms with van der Waals surface area (Å²) in [6, 6.07) is 5.68. The molecule has 1 aromatic rings. The number of aldehydes is 1. The normalized spacial score (nSPS) is 11.8. The fourth-order valence-corrected chi connectivity index (χ4v) is 3.09. The van der Waals surface area contributed by atoms with Crippen molar-refractivity contribution in [2.75, 3.05) is 25.9 Å². The van der Waals surface area contributed by atoms with Gasteiger partial charge in [-0.05, 0) is 25.0 Å². The lowest BCUT2D eigenvalue weighted by Crippen LogP contribution is -2.29. The molecule has 1 rings (SSSR count). The molecule has 0 heterocycles. The molecule has 0 bridgehead atoms. The molecule has 1 aromatic carbocycles. The van der Waals surface area contributed by atoms with Crippen LogP contribution in [0.25, 0.3) is 0 Å². The summed E-state index contributed by atoms with van der Waals surface area (Å²) in [5, 5.41) is 0. The molecule has 0 saturated heterocycles. The molecule has 0 aliphatic rings. The summed E-state index contributed by atoms with van der Waals surface area (Å²) in [6.45, 7) is 8.53. The molecule has 0 saturated carbocycles. The zero-order valence-corrected chi connectivity index (χ0v) is 18.0. The number of anilines is 1. The predicted molar refractivity (Wildman–Crippen MR) is 121 cm³/mol. The molecule has 0 atom stereocenters. The number of hydrogen-bond donors (Lipinski definition) is 1. The van der Waals surface area contributed by atoms with Gasteiger partial charge in [-0.1, -0.05) is 60.1 Å². The first-order valence-electron chi connectivity index (χ1n) is 9.19. The summed E-state index contributed by atoms with van der Waals surface area (Å²) >= 11 is 3.47. The van der Waals surface area contributed by atoms with Crippen LogP contribution in [0.15, 0.2) is 64.1 Å². The van der Waals surface area contributed by atoms with Crippen molar-refractivity contribution in [3.05, 3.63) is 64.7 Å². The SMILES string of the molecule is C=C/C(C=O)=C(\C=C)C(=O)N(C)CCCCCCN=Cc1c(N)cccc1Br. The summed E-state index contributed by atoms with van der Waals surface area (Å²) in [5.41, 5.74) is 8.09. The number of aliphatic imine (C=N–C) groups is 1. The number of nitrogens with two attached hydrogens (primary N) is 1. The van der Waals surface area contributed by atoms with E-state index in [1.54, 1.807) is 18.2 Å². The summed E-state index contributed by atoms with van der Waals surface area (Å²) in [6.07, 6.45) is 9.09. The van der Waals surface area contributed by atoms with Crippen LogP contribution in [-0.2, 0) is 9.59 Å². The van der Waals surface area contributed by atoms with Crippen molar-refractivity contribution in [2.24, 2.45) is 4.99 Å². The Morgan fingerprint density at radius 1 is 1.21 bits per heavy atom. The van der Waals surface area contributed by atoms with E-state index in [4.69, 9.17) is 5.73 Å². The molecule has 5 nitrogen and oxygen atoms in total. The molecule has 0 unspecified atom stereocenters. The van der Waals surface area contributed by atoms with E-state index in [-0.39, 0.29) is 17.1 Å². The van der Waals surface area contributed by atoms with Crippen molar-refractivity contribution >= 4 is 40.0 Å². The molecule has 0 spiro atoms. The largest absolute Gasteiger partial charge is 0.398 e. The number of hydrogen-bond acceptors (Lipinski definition) is 4. The van der Waals surface area contributed by atoms with Crippen molar-refractivity contribution in [2.45, 2.75) is 25.7 Å². The van der Waals surface area contributed by atoms with Gasteiger partial charge in [-0.3, -0.25) is 14.6 Å². The molecule has 2 N–H and O–H groups in total. The maximum absolute atomic E-state index is 12.4. The van der Waals surface area contributed by atoms with Crippen molar-refractivity contribution in [1.82, 2.24) is 4.90 Å². The van der Waals surface area contributed by atoms with Gasteiger partial charge in [0.05, 0.1) is 0 Å². The maximum atomic E-state index is 12.4. The lowest BCUT2D eigenvalue weighted by Gasteiger charge is -2.18. The number of carbonyl (C=O) groups excluding carboxylic acids is 2. The number of unbranched alkanes of at least 4 members (excludes halogenated alkanes) is 3. The highest BCUT2D eigenvalue weighted by Gasteiger charge is 2.14. The first kappa shape index (κ1) is 23.6. The smallest absolute Gasteiger partial charge is 0.254 e. The Morgan fingerprint density at radius 2 is 1.93 bits per heavy atom. The quantitative estimate of drug-likeness (QED) is 0.130. The van der Waals surface area contributed by atoms with Gasteiger partial charge in [-0.2, -0.15) is 0 Å². The Hall–Kier alpha value is -2.47. The number of carbonyl (C=O) groups is 2. The van der Waals surface area contributed by atoms with Gasteiger partial charge in [0.25, 0.3) is 5.91 Å². The fourth-order valence-electron chi connectivity index (χ4n) is 2.61. The zero-order chi connectivity index (χ0) is 20.9. The molecule has 150 valence electrons. The average Bonchev–Trinajstić information content (AvgIpc) is 2.69. The topological polar surface area (TPSA) is 75.8 Å². The van der Waals surface area contributed by atoms with Crippen molar-refractivity contribution in [1.29, 1.82) is 0 Å². The highest BCUT2D eigenvalue weighted by molar-refractivity contribution is 9.10. The minimum absolute atomic E-state index is 0.215. The number of benzene rings is 1. The third-order valence-corrected chi connectivity index (χ3v) is 4.97. The Balaban J connectivity index is 2.34. The molecule has 0 aliphatic carbocycles. The Labute approximate surface area is 175 Å². The number of nitrogens with zero attached hydrogens (tertiary/aromatic N) is 2. The Kier molecular flexibility index (Phi) is 10.8. The molecule has 6 heteroatoms. The minimum atomic E-state index is -0.215. The highest BCUT2D eigenvalue weighted by Crippen LogP contribution is 2.20. The molecular formula is C22H28BrN3O2. The van der Waals surface area contributed by atoms with Crippen LogP contribution in [0.1, 0.15) is 31.2 Å². The van der Waals surface area contributed by atoms with E-state index >= 15 is 0 Å². The van der Waals surface area contributed by atoms with E-state index in [1.165, 1.54) is 12.2 Å². The van der Waals surface area contributed by atoms with E-state index in [0.29, 0.717) is 18.5 Å². The molecule has 0 fully saturated rings. The molecule has 28 heavy (non-hydrogen) atoms. The van der Waals surface area contributed by atoms with Crippen molar-refractivity contribution < 1.29 is 9.59 Å². The summed E-state index contributed by atoms with van der Waals surface area (Å²) in [4.78, 5) is 29.4. The molecule has 0 aliphatic heterocycles. The molecular weight excluding hydrogens is 418 g/mol. The van der Waals surface area contributed by atoms with Crippen LogP contribution in [0.4, 0.5) is 5.69 Å². The van der Waals surface area contributed by atoms with Crippen LogP contribution in [-0.4, -0.2) is 43.4 Å². The fraction of sp³-hybridized carbons (Fsp3) is 0.318. The number of halogens is 1. The second kappa shape index (κ2) is 12.8. The Bertz CT molecular complexity index is 739. The van der Waals surface area contributed by atoms with Gasteiger partial charge in [0.1, 0.15) is 0 Å². The van der Waals surface area contributed by atoms with Crippen LogP contribution in [0.3, 0.4) is 0 Å². The van der Waals surface area contributed by atoms with Gasteiger partial charge >= 0.3 is 0 Å². The number of allylic oxidation sites excluding steroid dienone is 2. The van der Waals surface area contributed by atoms with Crippen molar-refractivity contribution in [3.8, 4) is 0 Å². The molecule has 1 amide bonds. The zero-order valence-electron chi connectivity index (χ0n) is 16.4. The lowest BCUT2D eigenvalue weighted by molar-refractivity contribution is -0.125. The van der Waals surface area contributed by atoms with Gasteiger partial charge in [0.2, 0.25) is 0 Å². The minimum Gasteiger partial charge on any atom is -0.398 e. The number of amides is 1. The van der Waals surface area contributed by atoms with Gasteiger partial charge in [-0.15, -0.1) is 0 Å². The van der Waals surface area contributed by atoms with Crippen LogP contribution in [0, 0.1) is 0 Å². The highest BCUT2D eigenvalue weighted by atomic mass is 79.9. The summed E-state index contributed by atoms with van der Waals surface area (Å²) < 4.78 is 0.936.